The summed E-state index contributed by atoms with van der Waals surface area (Å²) in [5, 5.41) is 38.0. The summed E-state index contributed by atoms with van der Waals surface area (Å²) in [6.07, 6.45) is 2.60. The molecule has 9 nitrogen and oxygen atoms in total. The molecule has 0 amide bonds. The van der Waals surface area contributed by atoms with Gasteiger partial charge in [0.2, 0.25) is 5.95 Å². The van der Waals surface area contributed by atoms with Crippen LogP contribution in [0.25, 0.3) is 20.8 Å². The summed E-state index contributed by atoms with van der Waals surface area (Å²) in [4.78, 5) is 19.0. The lowest BCUT2D eigenvalue weighted by atomic mass is 10.1. The summed E-state index contributed by atoms with van der Waals surface area (Å²) in [7, 11) is 0. The molecule has 0 radical (unpaired) electrons. The van der Waals surface area contributed by atoms with E-state index in [1.165, 1.54) is 0 Å². The summed E-state index contributed by atoms with van der Waals surface area (Å²) >= 11 is 1.58. The van der Waals surface area contributed by atoms with Gasteiger partial charge in [0.25, 0.3) is 0 Å². The van der Waals surface area contributed by atoms with Gasteiger partial charge in [-0.1, -0.05) is 13.8 Å². The van der Waals surface area contributed by atoms with Crippen LogP contribution in [0, 0.1) is 18.8 Å². The molecule has 34 heavy (non-hydrogen) atoms. The molecule has 0 aromatic carbocycles. The van der Waals surface area contributed by atoms with Crippen molar-refractivity contribution in [2.45, 2.75) is 64.2 Å². The van der Waals surface area contributed by atoms with Crippen molar-refractivity contribution in [2.75, 3.05) is 23.8 Å². The Morgan fingerprint density at radius 3 is 2.62 bits per heavy atom. The van der Waals surface area contributed by atoms with Crippen LogP contribution >= 0.6 is 11.3 Å². The van der Waals surface area contributed by atoms with E-state index in [-0.39, 0.29) is 12.5 Å². The lowest BCUT2D eigenvalue weighted by molar-refractivity contribution is 0.00446. The van der Waals surface area contributed by atoms with E-state index in [4.69, 9.17) is 15.0 Å². The molecule has 0 bridgehead atoms. The van der Waals surface area contributed by atoms with Crippen LogP contribution in [-0.4, -0.2) is 66.7 Å². The lowest BCUT2D eigenvalue weighted by Crippen LogP contribution is -2.35. The number of fused-ring (bicyclic) bond motifs is 1. The maximum Gasteiger partial charge on any atom is 0.224 e. The zero-order valence-corrected chi connectivity index (χ0v) is 20.5. The number of anilines is 2. The molecule has 4 atom stereocenters. The fraction of sp³-hybridized carbons (Fsp3) is 0.583. The van der Waals surface area contributed by atoms with Crippen LogP contribution in [0.15, 0.2) is 12.3 Å². The van der Waals surface area contributed by atoms with Gasteiger partial charge >= 0.3 is 0 Å². The molecule has 0 saturated heterocycles. The summed E-state index contributed by atoms with van der Waals surface area (Å²) in [6.45, 7) is 6.72. The molecule has 182 valence electrons. The van der Waals surface area contributed by atoms with Crippen molar-refractivity contribution in [3.63, 3.8) is 0 Å². The standard InChI is InChI=1S/C24H32N6O3S/c1-11(2)9-26-24-27-12(3)17(22(30-24)28-15-8-14(10-31)20(32)21(15)33)23-29-19-16(34-23)6-7-25-18(19)13-4-5-13/h6-7,11,13-15,20-21,31-33H,4-5,8-10H2,1-3H3,(H2,26,27,28,30)/t14-,15-,20-,21+/m1/s1. The van der Waals surface area contributed by atoms with Crippen molar-refractivity contribution in [1.29, 1.82) is 0 Å². The highest BCUT2D eigenvalue weighted by molar-refractivity contribution is 7.21. The first-order valence-electron chi connectivity index (χ1n) is 12.0. The first-order chi connectivity index (χ1) is 16.4. The third-order valence-electron chi connectivity index (χ3n) is 6.63. The smallest absolute Gasteiger partial charge is 0.224 e. The number of aliphatic hydroxyl groups excluding tert-OH is 3. The molecular formula is C24H32N6O3S. The number of thiazole rings is 1. The SMILES string of the molecule is Cc1nc(NCC(C)C)nc(N[C@@H]2C[C@H](CO)[C@@H](O)[C@H]2O)c1-c1nc2c(C3CC3)nccc2s1. The van der Waals surface area contributed by atoms with Gasteiger partial charge < -0.3 is 26.0 Å². The summed E-state index contributed by atoms with van der Waals surface area (Å²) < 4.78 is 1.08. The first kappa shape index (κ1) is 23.3. The monoisotopic (exact) mass is 484 g/mol. The number of rotatable bonds is 8. The zero-order valence-electron chi connectivity index (χ0n) is 19.7. The molecule has 2 aliphatic carbocycles. The van der Waals surface area contributed by atoms with Crippen LogP contribution in [0.4, 0.5) is 11.8 Å². The summed E-state index contributed by atoms with van der Waals surface area (Å²) in [5.74, 6) is 1.60. The second-order valence-corrected chi connectivity index (χ2v) is 10.9. The summed E-state index contributed by atoms with van der Waals surface area (Å²) in [6, 6.07) is 1.55. The van der Waals surface area contributed by atoms with Crippen molar-refractivity contribution in [1.82, 2.24) is 19.9 Å². The van der Waals surface area contributed by atoms with Crippen molar-refractivity contribution in [3.8, 4) is 10.6 Å². The average Bonchev–Trinajstić information content (AvgIpc) is 3.51. The van der Waals surface area contributed by atoms with Crippen LogP contribution in [0.2, 0.25) is 0 Å². The van der Waals surface area contributed by atoms with Crippen molar-refractivity contribution in [2.24, 2.45) is 11.8 Å². The largest absolute Gasteiger partial charge is 0.396 e. The Labute approximate surface area is 202 Å². The van der Waals surface area contributed by atoms with E-state index in [0.29, 0.717) is 30.0 Å². The van der Waals surface area contributed by atoms with Crippen LogP contribution in [-0.2, 0) is 0 Å². The van der Waals surface area contributed by atoms with Gasteiger partial charge in [-0.25, -0.2) is 9.97 Å². The van der Waals surface area contributed by atoms with Crippen LogP contribution in [0.1, 0.15) is 50.4 Å². The highest BCUT2D eigenvalue weighted by Gasteiger charge is 2.41. The average molecular weight is 485 g/mol. The number of hydrogen-bond donors (Lipinski definition) is 5. The van der Waals surface area contributed by atoms with Crippen molar-refractivity contribution >= 4 is 33.3 Å². The Balaban J connectivity index is 1.56. The van der Waals surface area contributed by atoms with E-state index in [2.05, 4.69) is 29.5 Å². The maximum atomic E-state index is 10.6. The number of aliphatic hydroxyl groups is 3. The number of hydrogen-bond acceptors (Lipinski definition) is 10. The normalized spacial score (nSPS) is 24.8. The molecule has 10 heteroatoms. The third-order valence-corrected chi connectivity index (χ3v) is 7.67. The van der Waals surface area contributed by atoms with Gasteiger partial charge in [-0.2, -0.15) is 4.98 Å². The van der Waals surface area contributed by atoms with E-state index in [1.807, 2.05) is 19.2 Å². The van der Waals surface area contributed by atoms with Crippen LogP contribution in [0.5, 0.6) is 0 Å². The molecular weight excluding hydrogens is 452 g/mol. The number of aryl methyl sites for hydroxylation is 1. The van der Waals surface area contributed by atoms with Gasteiger partial charge in [0.1, 0.15) is 22.4 Å². The van der Waals surface area contributed by atoms with Gasteiger partial charge in [-0.05, 0) is 38.2 Å². The molecule has 0 spiro atoms. The fourth-order valence-electron chi connectivity index (χ4n) is 4.57. The minimum Gasteiger partial charge on any atom is -0.396 e. The molecule has 3 aromatic rings. The fourth-order valence-corrected chi connectivity index (χ4v) is 5.64. The Bertz CT molecular complexity index is 1180. The van der Waals surface area contributed by atoms with Gasteiger partial charge in [0.05, 0.1) is 33.8 Å². The molecule has 2 fully saturated rings. The second-order valence-electron chi connectivity index (χ2n) is 9.88. The number of pyridine rings is 1. The molecule has 0 unspecified atom stereocenters. The number of nitrogens with zero attached hydrogens (tertiary/aromatic N) is 4. The van der Waals surface area contributed by atoms with Gasteiger partial charge in [-0.15, -0.1) is 11.3 Å². The van der Waals surface area contributed by atoms with Crippen molar-refractivity contribution < 1.29 is 15.3 Å². The Kier molecular flexibility index (Phi) is 6.41. The highest BCUT2D eigenvalue weighted by atomic mass is 32.1. The predicted octanol–water partition coefficient (Wildman–Crippen LogP) is 2.92. The highest BCUT2D eigenvalue weighted by Crippen LogP contribution is 2.44. The molecule has 2 aliphatic rings. The van der Waals surface area contributed by atoms with E-state index in [9.17, 15) is 15.3 Å². The Morgan fingerprint density at radius 1 is 1.15 bits per heavy atom. The minimum absolute atomic E-state index is 0.178. The second kappa shape index (κ2) is 9.33. The number of nitrogens with one attached hydrogen (secondary N) is 2. The number of aromatic nitrogens is 4. The Morgan fingerprint density at radius 2 is 1.94 bits per heavy atom. The molecule has 5 rings (SSSR count). The predicted molar refractivity (Wildman–Crippen MR) is 133 cm³/mol. The van der Waals surface area contributed by atoms with E-state index in [0.717, 1.165) is 51.6 Å². The Hall–Kier alpha value is -2.40. The van der Waals surface area contributed by atoms with E-state index >= 15 is 0 Å². The van der Waals surface area contributed by atoms with Crippen LogP contribution < -0.4 is 10.6 Å². The van der Waals surface area contributed by atoms with E-state index < -0.39 is 18.2 Å². The van der Waals surface area contributed by atoms with E-state index in [1.54, 1.807) is 11.3 Å². The molecule has 0 aliphatic heterocycles. The van der Waals surface area contributed by atoms with Gasteiger partial charge in [0, 0.05) is 31.2 Å². The quantitative estimate of drug-likeness (QED) is 0.327. The van der Waals surface area contributed by atoms with Crippen LogP contribution in [0.3, 0.4) is 0 Å². The molecule has 3 aromatic heterocycles. The molecule has 5 N–H and O–H groups in total. The lowest BCUT2D eigenvalue weighted by Gasteiger charge is -2.21. The maximum absolute atomic E-state index is 10.6. The topological polar surface area (TPSA) is 136 Å². The zero-order chi connectivity index (χ0) is 24.0. The van der Waals surface area contributed by atoms with Gasteiger partial charge in [0.15, 0.2) is 0 Å². The minimum atomic E-state index is -1.01. The van der Waals surface area contributed by atoms with Crippen molar-refractivity contribution in [3.05, 3.63) is 23.7 Å². The summed E-state index contributed by atoms with van der Waals surface area (Å²) in [5.41, 5.74) is 3.56. The van der Waals surface area contributed by atoms with Gasteiger partial charge in [-0.3, -0.25) is 4.98 Å². The molecule has 3 heterocycles. The third kappa shape index (κ3) is 4.47. The molecule has 2 saturated carbocycles. The first-order valence-corrected chi connectivity index (χ1v) is 12.8.